The zero-order valence-corrected chi connectivity index (χ0v) is 4.48. The summed E-state index contributed by atoms with van der Waals surface area (Å²) in [4.78, 5) is 3.00. The highest BCUT2D eigenvalue weighted by Crippen LogP contribution is 2.21. The van der Waals surface area contributed by atoms with Crippen molar-refractivity contribution in [2.75, 3.05) is 6.61 Å². The summed E-state index contributed by atoms with van der Waals surface area (Å²) < 4.78 is 5.18. The largest absolute Gasteiger partial charge is 0.478 e. The molecule has 0 atom stereocenters. The Bertz CT molecular complexity index is 174. The number of aromatic amines is 1. The standard InChI is InChI=1S/C6H7NO/c1-3-7-6-5(1)2-4-8-6/h1,3,7H,2,4H2. The highest BCUT2D eigenvalue weighted by Gasteiger charge is 2.10. The van der Waals surface area contributed by atoms with E-state index in [4.69, 9.17) is 4.74 Å². The maximum Gasteiger partial charge on any atom is 0.194 e. The normalized spacial score (nSPS) is 15.5. The minimum absolute atomic E-state index is 0.849. The molecular weight excluding hydrogens is 102 g/mol. The first-order valence-electron chi connectivity index (χ1n) is 2.76. The van der Waals surface area contributed by atoms with Gasteiger partial charge in [0.05, 0.1) is 6.61 Å². The first kappa shape index (κ1) is 4.01. The molecule has 0 spiro atoms. The van der Waals surface area contributed by atoms with Crippen LogP contribution in [0.3, 0.4) is 0 Å². The molecule has 2 nitrogen and oxygen atoms in total. The Hall–Kier alpha value is -0.920. The van der Waals surface area contributed by atoms with Crippen LogP contribution in [0.25, 0.3) is 0 Å². The summed E-state index contributed by atoms with van der Waals surface area (Å²) in [6.45, 7) is 0.849. The Labute approximate surface area is 47.5 Å². The number of rotatable bonds is 0. The van der Waals surface area contributed by atoms with Gasteiger partial charge in [0.25, 0.3) is 0 Å². The molecule has 0 amide bonds. The molecule has 2 heteroatoms. The van der Waals surface area contributed by atoms with Crippen LogP contribution in [0, 0.1) is 0 Å². The molecule has 0 fully saturated rings. The molecule has 0 bridgehead atoms. The van der Waals surface area contributed by atoms with Crippen molar-refractivity contribution in [3.05, 3.63) is 17.8 Å². The summed E-state index contributed by atoms with van der Waals surface area (Å²) >= 11 is 0. The van der Waals surface area contributed by atoms with Crippen molar-refractivity contribution in [2.45, 2.75) is 6.42 Å². The number of aromatic nitrogens is 1. The molecule has 2 heterocycles. The molecule has 8 heavy (non-hydrogen) atoms. The van der Waals surface area contributed by atoms with E-state index in [0.29, 0.717) is 0 Å². The van der Waals surface area contributed by atoms with E-state index >= 15 is 0 Å². The summed E-state index contributed by atoms with van der Waals surface area (Å²) in [7, 11) is 0. The van der Waals surface area contributed by atoms with Crippen LogP contribution in [0.5, 0.6) is 5.88 Å². The highest BCUT2D eigenvalue weighted by molar-refractivity contribution is 5.29. The second-order valence-corrected chi connectivity index (χ2v) is 1.93. The average Bonchev–Trinajstić information content (AvgIpc) is 2.15. The van der Waals surface area contributed by atoms with Crippen LogP contribution in [-0.4, -0.2) is 11.6 Å². The average molecular weight is 109 g/mol. The van der Waals surface area contributed by atoms with Gasteiger partial charge in [-0.2, -0.15) is 0 Å². The lowest BCUT2D eigenvalue weighted by atomic mass is 10.3. The topological polar surface area (TPSA) is 25.0 Å². The van der Waals surface area contributed by atoms with Crippen LogP contribution in [-0.2, 0) is 6.42 Å². The summed E-state index contributed by atoms with van der Waals surface area (Å²) in [5.74, 6) is 0.963. The molecule has 1 aromatic heterocycles. The number of ether oxygens (including phenoxy) is 1. The van der Waals surface area contributed by atoms with Crippen LogP contribution in [0.4, 0.5) is 0 Å². The molecule has 2 rings (SSSR count). The molecule has 0 radical (unpaired) electrons. The van der Waals surface area contributed by atoms with E-state index in [0.717, 1.165) is 18.9 Å². The third kappa shape index (κ3) is 0.372. The molecule has 1 N–H and O–H groups in total. The smallest absolute Gasteiger partial charge is 0.194 e. The first-order chi connectivity index (χ1) is 3.97. The third-order valence-electron chi connectivity index (χ3n) is 1.41. The lowest BCUT2D eigenvalue weighted by Crippen LogP contribution is -1.87. The molecule has 0 aromatic carbocycles. The van der Waals surface area contributed by atoms with Crippen molar-refractivity contribution in [3.63, 3.8) is 0 Å². The summed E-state index contributed by atoms with van der Waals surface area (Å²) in [5.41, 5.74) is 1.31. The maximum atomic E-state index is 5.18. The van der Waals surface area contributed by atoms with Gasteiger partial charge in [0.2, 0.25) is 0 Å². The molecule has 1 aliphatic heterocycles. The van der Waals surface area contributed by atoms with E-state index in [1.165, 1.54) is 5.56 Å². The van der Waals surface area contributed by atoms with Crippen molar-refractivity contribution in [1.29, 1.82) is 0 Å². The first-order valence-corrected chi connectivity index (χ1v) is 2.76. The number of fused-ring (bicyclic) bond motifs is 1. The monoisotopic (exact) mass is 109 g/mol. The van der Waals surface area contributed by atoms with Gasteiger partial charge >= 0.3 is 0 Å². The van der Waals surface area contributed by atoms with Crippen molar-refractivity contribution in [2.24, 2.45) is 0 Å². The van der Waals surface area contributed by atoms with Crippen molar-refractivity contribution < 1.29 is 4.74 Å². The summed E-state index contributed by atoms with van der Waals surface area (Å²) in [5, 5.41) is 0. The van der Waals surface area contributed by atoms with E-state index < -0.39 is 0 Å². The molecule has 0 saturated heterocycles. The van der Waals surface area contributed by atoms with Gasteiger partial charge in [0, 0.05) is 18.2 Å². The number of H-pyrrole nitrogens is 1. The zero-order chi connectivity index (χ0) is 5.40. The highest BCUT2D eigenvalue weighted by atomic mass is 16.5. The van der Waals surface area contributed by atoms with Gasteiger partial charge in [0.15, 0.2) is 5.88 Å². The Morgan fingerprint density at radius 2 is 2.62 bits per heavy atom. The summed E-state index contributed by atoms with van der Waals surface area (Å²) in [6.07, 6.45) is 2.97. The SMILES string of the molecule is c1cc2c([nH]1)OCC2. The van der Waals surface area contributed by atoms with Crippen molar-refractivity contribution in [1.82, 2.24) is 4.98 Å². The van der Waals surface area contributed by atoms with Gasteiger partial charge in [-0.15, -0.1) is 0 Å². The summed E-state index contributed by atoms with van der Waals surface area (Å²) in [6, 6.07) is 2.06. The van der Waals surface area contributed by atoms with Crippen LogP contribution in [0.1, 0.15) is 5.56 Å². The lowest BCUT2D eigenvalue weighted by Gasteiger charge is -1.88. The van der Waals surface area contributed by atoms with Gasteiger partial charge in [0.1, 0.15) is 0 Å². The fourth-order valence-electron chi connectivity index (χ4n) is 0.981. The van der Waals surface area contributed by atoms with Gasteiger partial charge in [-0.1, -0.05) is 0 Å². The minimum Gasteiger partial charge on any atom is -0.478 e. The molecule has 1 aromatic rings. The predicted molar refractivity (Wildman–Crippen MR) is 30.0 cm³/mol. The fraction of sp³-hybridized carbons (Fsp3) is 0.333. The zero-order valence-electron chi connectivity index (χ0n) is 4.48. The number of hydrogen-bond acceptors (Lipinski definition) is 1. The van der Waals surface area contributed by atoms with Gasteiger partial charge in [-0.3, -0.25) is 0 Å². The second-order valence-electron chi connectivity index (χ2n) is 1.93. The molecule has 1 aliphatic rings. The second kappa shape index (κ2) is 1.28. The van der Waals surface area contributed by atoms with E-state index in [1.54, 1.807) is 0 Å². The van der Waals surface area contributed by atoms with E-state index in [2.05, 4.69) is 11.1 Å². The van der Waals surface area contributed by atoms with E-state index in [9.17, 15) is 0 Å². The molecule has 0 saturated carbocycles. The lowest BCUT2D eigenvalue weighted by molar-refractivity contribution is 0.345. The van der Waals surface area contributed by atoms with Gasteiger partial charge < -0.3 is 9.72 Å². The molecule has 42 valence electrons. The Balaban J connectivity index is 2.54. The molecular formula is C6H7NO. The number of hydrogen-bond donors (Lipinski definition) is 1. The van der Waals surface area contributed by atoms with Gasteiger partial charge in [-0.25, -0.2) is 0 Å². The van der Waals surface area contributed by atoms with E-state index in [-0.39, 0.29) is 0 Å². The molecule has 0 unspecified atom stereocenters. The minimum atomic E-state index is 0.849. The van der Waals surface area contributed by atoms with Crippen molar-refractivity contribution in [3.8, 4) is 5.88 Å². The van der Waals surface area contributed by atoms with Crippen LogP contribution in [0.2, 0.25) is 0 Å². The van der Waals surface area contributed by atoms with Crippen LogP contribution >= 0.6 is 0 Å². The van der Waals surface area contributed by atoms with Crippen LogP contribution in [0.15, 0.2) is 12.3 Å². The Kier molecular flexibility index (Phi) is 0.640. The van der Waals surface area contributed by atoms with Gasteiger partial charge in [-0.05, 0) is 6.07 Å². The predicted octanol–water partition coefficient (Wildman–Crippen LogP) is 0.950. The van der Waals surface area contributed by atoms with E-state index in [1.807, 2.05) is 6.20 Å². The maximum absolute atomic E-state index is 5.18. The third-order valence-corrected chi connectivity index (χ3v) is 1.41. The Morgan fingerprint density at radius 1 is 1.62 bits per heavy atom. The Morgan fingerprint density at radius 3 is 3.50 bits per heavy atom. The quantitative estimate of drug-likeness (QED) is 0.527. The number of nitrogens with one attached hydrogen (secondary N) is 1. The fourth-order valence-corrected chi connectivity index (χ4v) is 0.981. The van der Waals surface area contributed by atoms with Crippen LogP contribution < -0.4 is 4.74 Å². The molecule has 0 aliphatic carbocycles. The van der Waals surface area contributed by atoms with Crippen molar-refractivity contribution >= 4 is 0 Å².